The molecule has 0 saturated carbocycles. The zero-order valence-electron chi connectivity index (χ0n) is 11.1. The lowest BCUT2D eigenvalue weighted by molar-refractivity contribution is -0.135. The molecule has 0 aliphatic carbocycles. The minimum Gasteiger partial charge on any atom is -0.378 e. The second-order valence-corrected chi connectivity index (χ2v) is 5.44. The van der Waals surface area contributed by atoms with Crippen LogP contribution in [0, 0.1) is 5.92 Å². The fraction of sp³-hybridized carbons (Fsp3) is 0.923. The van der Waals surface area contributed by atoms with Crippen LogP contribution in [0.2, 0.25) is 0 Å². The van der Waals surface area contributed by atoms with Gasteiger partial charge in [0.2, 0.25) is 5.91 Å². The van der Waals surface area contributed by atoms with Crippen molar-refractivity contribution in [3.05, 3.63) is 0 Å². The molecule has 3 atom stereocenters. The average Bonchev–Trinajstić information content (AvgIpc) is 2.82. The Hall–Kier alpha value is -0.320. The number of carbonyl (C=O) groups excluding carboxylic acids is 1. The van der Waals surface area contributed by atoms with Gasteiger partial charge in [-0.05, 0) is 38.5 Å². The minimum absolute atomic E-state index is 0. The van der Waals surface area contributed by atoms with E-state index in [0.717, 1.165) is 45.4 Å². The Kier molecular flexibility index (Phi) is 6.39. The zero-order valence-corrected chi connectivity index (χ0v) is 12.0. The third-order valence-electron chi connectivity index (χ3n) is 3.98. The van der Waals surface area contributed by atoms with Crippen LogP contribution >= 0.6 is 12.4 Å². The molecule has 0 aromatic carbocycles. The first-order chi connectivity index (χ1) is 8.16. The van der Waals surface area contributed by atoms with Gasteiger partial charge in [-0.25, -0.2) is 0 Å². The van der Waals surface area contributed by atoms with E-state index in [-0.39, 0.29) is 30.5 Å². The predicted octanol–water partition coefficient (Wildman–Crippen LogP) is 1.56. The van der Waals surface area contributed by atoms with E-state index in [1.165, 1.54) is 0 Å². The van der Waals surface area contributed by atoms with E-state index < -0.39 is 0 Å². The minimum atomic E-state index is 0. The van der Waals surface area contributed by atoms with Gasteiger partial charge in [-0.15, -0.1) is 12.4 Å². The van der Waals surface area contributed by atoms with Gasteiger partial charge in [-0.2, -0.15) is 0 Å². The highest BCUT2D eigenvalue weighted by Crippen LogP contribution is 2.21. The molecule has 2 rings (SSSR count). The summed E-state index contributed by atoms with van der Waals surface area (Å²) < 4.78 is 5.52. The smallest absolute Gasteiger partial charge is 0.225 e. The summed E-state index contributed by atoms with van der Waals surface area (Å²) in [5.41, 5.74) is 5.93. The van der Waals surface area contributed by atoms with Gasteiger partial charge in [-0.1, -0.05) is 0 Å². The summed E-state index contributed by atoms with van der Waals surface area (Å²) in [6, 6.07) is 0.188. The van der Waals surface area contributed by atoms with Crippen LogP contribution in [0.15, 0.2) is 0 Å². The van der Waals surface area contributed by atoms with Gasteiger partial charge < -0.3 is 15.4 Å². The lowest BCUT2D eigenvalue weighted by Gasteiger charge is -2.35. The molecule has 0 aromatic heterocycles. The predicted molar refractivity (Wildman–Crippen MR) is 73.8 cm³/mol. The van der Waals surface area contributed by atoms with Gasteiger partial charge in [-0.3, -0.25) is 4.79 Å². The van der Waals surface area contributed by atoms with Crippen LogP contribution in [-0.4, -0.2) is 42.6 Å². The molecule has 106 valence electrons. The van der Waals surface area contributed by atoms with E-state index in [4.69, 9.17) is 10.5 Å². The maximum atomic E-state index is 12.1. The van der Waals surface area contributed by atoms with Crippen LogP contribution < -0.4 is 5.73 Å². The average molecular weight is 277 g/mol. The van der Waals surface area contributed by atoms with Crippen molar-refractivity contribution < 1.29 is 9.53 Å². The van der Waals surface area contributed by atoms with Gasteiger partial charge in [0.05, 0.1) is 12.5 Å². The zero-order chi connectivity index (χ0) is 12.3. The summed E-state index contributed by atoms with van der Waals surface area (Å²) in [6.45, 7) is 4.59. The molecule has 2 aliphatic heterocycles. The first-order valence-electron chi connectivity index (χ1n) is 6.82. The van der Waals surface area contributed by atoms with Gasteiger partial charge >= 0.3 is 0 Å². The van der Waals surface area contributed by atoms with Crippen molar-refractivity contribution in [1.82, 2.24) is 4.90 Å². The van der Waals surface area contributed by atoms with E-state index in [1.807, 2.05) is 11.8 Å². The quantitative estimate of drug-likeness (QED) is 0.851. The van der Waals surface area contributed by atoms with Crippen molar-refractivity contribution in [1.29, 1.82) is 0 Å². The molecule has 18 heavy (non-hydrogen) atoms. The van der Waals surface area contributed by atoms with E-state index in [0.29, 0.717) is 12.3 Å². The monoisotopic (exact) mass is 276 g/mol. The first kappa shape index (κ1) is 15.7. The highest BCUT2D eigenvalue weighted by atomic mass is 35.5. The maximum Gasteiger partial charge on any atom is 0.225 e. The molecule has 2 N–H and O–H groups in total. The molecule has 3 unspecified atom stereocenters. The number of amides is 1. The number of ether oxygens (including phenoxy) is 1. The summed E-state index contributed by atoms with van der Waals surface area (Å²) in [7, 11) is 0. The van der Waals surface area contributed by atoms with Crippen molar-refractivity contribution in [3.63, 3.8) is 0 Å². The molecule has 4 nitrogen and oxygen atoms in total. The fourth-order valence-corrected chi connectivity index (χ4v) is 2.79. The molecular weight excluding hydrogens is 252 g/mol. The Labute approximate surface area is 116 Å². The number of nitrogens with zero attached hydrogens (tertiary/aromatic N) is 1. The van der Waals surface area contributed by atoms with Crippen molar-refractivity contribution >= 4 is 18.3 Å². The second kappa shape index (κ2) is 7.31. The van der Waals surface area contributed by atoms with E-state index >= 15 is 0 Å². The molecule has 5 heteroatoms. The van der Waals surface area contributed by atoms with Crippen LogP contribution in [-0.2, 0) is 9.53 Å². The maximum absolute atomic E-state index is 12.1. The Bertz CT molecular complexity index is 268. The van der Waals surface area contributed by atoms with Crippen LogP contribution in [0.1, 0.15) is 39.0 Å². The lowest BCUT2D eigenvalue weighted by atomic mass is 9.92. The highest BCUT2D eigenvalue weighted by Gasteiger charge is 2.28. The number of halogens is 1. The Morgan fingerprint density at radius 2 is 2.22 bits per heavy atom. The van der Waals surface area contributed by atoms with E-state index in [9.17, 15) is 4.79 Å². The molecule has 0 spiro atoms. The van der Waals surface area contributed by atoms with E-state index in [1.54, 1.807) is 0 Å². The topological polar surface area (TPSA) is 55.6 Å². The van der Waals surface area contributed by atoms with Crippen molar-refractivity contribution in [2.45, 2.75) is 51.2 Å². The first-order valence-corrected chi connectivity index (χ1v) is 6.82. The van der Waals surface area contributed by atoms with Crippen LogP contribution in [0.4, 0.5) is 0 Å². The molecular formula is C13H25ClN2O2. The normalized spacial score (nSPS) is 29.8. The Morgan fingerprint density at radius 3 is 2.83 bits per heavy atom. The number of hydrogen-bond acceptors (Lipinski definition) is 3. The number of likely N-dealkylation sites (tertiary alicyclic amines) is 1. The van der Waals surface area contributed by atoms with Crippen molar-refractivity contribution in [2.24, 2.45) is 11.7 Å². The summed E-state index contributed by atoms with van der Waals surface area (Å²) in [5, 5.41) is 0. The van der Waals surface area contributed by atoms with Crippen LogP contribution in [0.5, 0.6) is 0 Å². The standard InChI is InChI=1S/C13H24N2O2.ClH/c1-10(14)11-4-2-6-15(9-11)13(16)8-12-5-3-7-17-12;/h10-12H,2-9,14H2,1H3;1H. The van der Waals surface area contributed by atoms with Gasteiger partial charge in [0.1, 0.15) is 0 Å². The summed E-state index contributed by atoms with van der Waals surface area (Å²) in [5.74, 6) is 0.722. The lowest BCUT2D eigenvalue weighted by Crippen LogP contribution is -2.45. The molecule has 2 aliphatic rings. The molecule has 2 fully saturated rings. The molecule has 1 amide bonds. The molecule has 2 heterocycles. The third kappa shape index (κ3) is 4.11. The summed E-state index contributed by atoms with van der Waals surface area (Å²) in [4.78, 5) is 14.1. The van der Waals surface area contributed by atoms with Crippen LogP contribution in [0.25, 0.3) is 0 Å². The molecule has 0 aromatic rings. The Balaban J connectivity index is 0.00000162. The largest absolute Gasteiger partial charge is 0.378 e. The summed E-state index contributed by atoms with van der Waals surface area (Å²) >= 11 is 0. The van der Waals surface area contributed by atoms with Gasteiger partial charge in [0.15, 0.2) is 0 Å². The fourth-order valence-electron chi connectivity index (χ4n) is 2.79. The summed E-state index contributed by atoms with van der Waals surface area (Å²) in [6.07, 6.45) is 5.10. The van der Waals surface area contributed by atoms with Gasteiger partial charge in [0.25, 0.3) is 0 Å². The Morgan fingerprint density at radius 1 is 1.44 bits per heavy atom. The second-order valence-electron chi connectivity index (χ2n) is 5.44. The van der Waals surface area contributed by atoms with Crippen molar-refractivity contribution in [2.75, 3.05) is 19.7 Å². The number of carbonyl (C=O) groups is 1. The number of rotatable bonds is 3. The van der Waals surface area contributed by atoms with Crippen LogP contribution in [0.3, 0.4) is 0 Å². The third-order valence-corrected chi connectivity index (χ3v) is 3.98. The number of piperidine rings is 1. The number of hydrogen-bond donors (Lipinski definition) is 1. The SMILES string of the molecule is CC(N)C1CCCN(C(=O)CC2CCCO2)C1.Cl. The van der Waals surface area contributed by atoms with Crippen molar-refractivity contribution in [3.8, 4) is 0 Å². The van der Waals surface area contributed by atoms with Gasteiger partial charge in [0, 0.05) is 25.7 Å². The molecule has 0 bridgehead atoms. The highest BCUT2D eigenvalue weighted by molar-refractivity contribution is 5.85. The van der Waals surface area contributed by atoms with E-state index in [2.05, 4.69) is 0 Å². The number of nitrogens with two attached hydrogens (primary N) is 1. The molecule has 2 saturated heterocycles. The molecule has 0 radical (unpaired) electrons.